The summed E-state index contributed by atoms with van der Waals surface area (Å²) in [4.78, 5) is 24.8. The Kier molecular flexibility index (Phi) is 5.79. The van der Waals surface area contributed by atoms with E-state index < -0.39 is 0 Å². The maximum absolute atomic E-state index is 12.6. The number of furan rings is 2. The van der Waals surface area contributed by atoms with Gasteiger partial charge in [-0.15, -0.1) is 0 Å². The summed E-state index contributed by atoms with van der Waals surface area (Å²) in [5.74, 6) is 1.19. The largest absolute Gasteiger partial charge is 0.467 e. The van der Waals surface area contributed by atoms with Gasteiger partial charge in [0.15, 0.2) is 5.76 Å². The molecule has 1 aliphatic carbocycles. The van der Waals surface area contributed by atoms with Crippen LogP contribution in [0.15, 0.2) is 62.7 Å². The fourth-order valence-electron chi connectivity index (χ4n) is 3.61. The molecule has 2 heterocycles. The van der Waals surface area contributed by atoms with E-state index in [1.165, 1.54) is 0 Å². The monoisotopic (exact) mass is 405 g/mol. The molecule has 0 atom stereocenters. The van der Waals surface area contributed by atoms with Crippen LogP contribution in [-0.4, -0.2) is 17.5 Å². The van der Waals surface area contributed by atoms with Gasteiger partial charge in [-0.2, -0.15) is 5.10 Å². The first kappa shape index (κ1) is 19.7. The number of rotatable bonds is 6. The number of fused-ring (bicyclic) bond motifs is 1. The molecule has 0 spiro atoms. The molecule has 7 nitrogen and oxygen atoms in total. The minimum absolute atomic E-state index is 0.182. The van der Waals surface area contributed by atoms with E-state index in [0.29, 0.717) is 12.2 Å². The molecule has 2 aromatic heterocycles. The van der Waals surface area contributed by atoms with E-state index in [-0.39, 0.29) is 30.5 Å². The van der Waals surface area contributed by atoms with Crippen LogP contribution in [0.5, 0.6) is 0 Å². The third-order valence-electron chi connectivity index (χ3n) is 5.06. The Morgan fingerprint density at radius 1 is 1.10 bits per heavy atom. The fraction of sp³-hybridized carbons (Fsp3) is 0.261. The summed E-state index contributed by atoms with van der Waals surface area (Å²) in [7, 11) is 0. The van der Waals surface area contributed by atoms with Gasteiger partial charge in [-0.3, -0.25) is 9.59 Å². The molecular weight excluding hydrogens is 382 g/mol. The molecule has 4 rings (SSSR count). The molecule has 1 aromatic carbocycles. The lowest BCUT2D eigenvalue weighted by atomic mass is 9.93. The highest BCUT2D eigenvalue weighted by molar-refractivity contribution is 6.06. The zero-order valence-electron chi connectivity index (χ0n) is 16.7. The van der Waals surface area contributed by atoms with Crippen LogP contribution in [0.4, 0.5) is 0 Å². The van der Waals surface area contributed by atoms with Gasteiger partial charge in [0.05, 0.1) is 24.9 Å². The molecule has 0 bridgehead atoms. The molecule has 0 fully saturated rings. The molecular formula is C23H23N3O4. The van der Waals surface area contributed by atoms with Gasteiger partial charge in [0.1, 0.15) is 11.5 Å². The van der Waals surface area contributed by atoms with E-state index >= 15 is 0 Å². The highest BCUT2D eigenvalue weighted by Gasteiger charge is 2.28. The highest BCUT2D eigenvalue weighted by atomic mass is 16.4. The van der Waals surface area contributed by atoms with E-state index in [0.717, 1.165) is 41.0 Å². The first-order valence-corrected chi connectivity index (χ1v) is 9.94. The van der Waals surface area contributed by atoms with Crippen LogP contribution in [0.3, 0.4) is 0 Å². The van der Waals surface area contributed by atoms with Crippen molar-refractivity contribution in [2.75, 3.05) is 0 Å². The Labute approximate surface area is 174 Å². The number of nitrogens with zero attached hydrogens (tertiary/aromatic N) is 1. The van der Waals surface area contributed by atoms with E-state index in [4.69, 9.17) is 8.83 Å². The summed E-state index contributed by atoms with van der Waals surface area (Å²) >= 11 is 0. The SMILES string of the molecule is Cc1c(C(=O)NCc2ccco2)oc2c1/C(=N/NC(=O)Cc1ccccc1)CCC2. The minimum atomic E-state index is -0.300. The molecule has 0 unspecified atom stereocenters. The Balaban J connectivity index is 1.47. The van der Waals surface area contributed by atoms with Crippen LogP contribution in [0.1, 0.15) is 51.6 Å². The third-order valence-corrected chi connectivity index (χ3v) is 5.06. The Bertz CT molecular complexity index is 1070. The van der Waals surface area contributed by atoms with Crippen molar-refractivity contribution in [3.63, 3.8) is 0 Å². The van der Waals surface area contributed by atoms with Gasteiger partial charge in [-0.25, -0.2) is 5.43 Å². The van der Waals surface area contributed by atoms with Crippen molar-refractivity contribution in [3.05, 3.63) is 82.7 Å². The van der Waals surface area contributed by atoms with Crippen molar-refractivity contribution in [3.8, 4) is 0 Å². The topological polar surface area (TPSA) is 96.8 Å². The summed E-state index contributed by atoms with van der Waals surface area (Å²) < 4.78 is 11.1. The second-order valence-corrected chi connectivity index (χ2v) is 7.23. The molecule has 3 aromatic rings. The van der Waals surface area contributed by atoms with Crippen molar-refractivity contribution < 1.29 is 18.4 Å². The van der Waals surface area contributed by atoms with Crippen LogP contribution in [0.25, 0.3) is 0 Å². The average molecular weight is 405 g/mol. The lowest BCUT2D eigenvalue weighted by molar-refractivity contribution is -0.120. The standard InChI is InChI=1S/C23H23N3O4/c1-15-21-18(25-26-20(27)13-16-7-3-2-4-8-16)10-5-11-19(21)30-22(15)23(28)24-14-17-9-6-12-29-17/h2-4,6-9,12H,5,10-11,13-14H2,1H3,(H,24,28)(H,26,27)/b25-18+. The summed E-state index contributed by atoms with van der Waals surface area (Å²) in [6.07, 6.45) is 4.12. The van der Waals surface area contributed by atoms with Gasteiger partial charge in [-0.1, -0.05) is 30.3 Å². The van der Waals surface area contributed by atoms with Gasteiger partial charge < -0.3 is 14.2 Å². The lowest BCUT2D eigenvalue weighted by Gasteiger charge is -2.13. The number of hydrazone groups is 1. The number of nitrogens with one attached hydrogen (secondary N) is 2. The smallest absolute Gasteiger partial charge is 0.287 e. The van der Waals surface area contributed by atoms with E-state index in [1.807, 2.05) is 37.3 Å². The van der Waals surface area contributed by atoms with Gasteiger partial charge in [0, 0.05) is 17.5 Å². The summed E-state index contributed by atoms with van der Waals surface area (Å²) in [6, 6.07) is 13.1. The molecule has 0 saturated carbocycles. The number of carbonyl (C=O) groups excluding carboxylic acids is 2. The fourth-order valence-corrected chi connectivity index (χ4v) is 3.61. The van der Waals surface area contributed by atoms with E-state index in [2.05, 4.69) is 15.8 Å². The number of hydrogen-bond acceptors (Lipinski definition) is 5. The highest BCUT2D eigenvalue weighted by Crippen LogP contribution is 2.29. The molecule has 0 aliphatic heterocycles. The molecule has 1 aliphatic rings. The van der Waals surface area contributed by atoms with Crippen molar-refractivity contribution >= 4 is 17.5 Å². The first-order valence-electron chi connectivity index (χ1n) is 9.94. The molecule has 0 saturated heterocycles. The number of amides is 2. The van der Waals surface area contributed by atoms with Crippen molar-refractivity contribution in [2.24, 2.45) is 5.10 Å². The number of benzene rings is 1. The van der Waals surface area contributed by atoms with Crippen molar-refractivity contribution in [1.29, 1.82) is 0 Å². The van der Waals surface area contributed by atoms with Crippen molar-refractivity contribution in [2.45, 2.75) is 39.2 Å². The predicted molar refractivity (Wildman–Crippen MR) is 111 cm³/mol. The quantitative estimate of drug-likeness (QED) is 0.613. The molecule has 30 heavy (non-hydrogen) atoms. The number of hydrogen-bond donors (Lipinski definition) is 2. The lowest BCUT2D eigenvalue weighted by Crippen LogP contribution is -2.24. The molecule has 0 radical (unpaired) electrons. The average Bonchev–Trinajstić information content (AvgIpc) is 3.39. The normalized spacial score (nSPS) is 14.4. The van der Waals surface area contributed by atoms with E-state index in [9.17, 15) is 9.59 Å². The maximum Gasteiger partial charge on any atom is 0.287 e. The molecule has 154 valence electrons. The van der Waals surface area contributed by atoms with Crippen LogP contribution in [0.2, 0.25) is 0 Å². The zero-order chi connectivity index (χ0) is 20.9. The van der Waals surface area contributed by atoms with Crippen LogP contribution in [0, 0.1) is 6.92 Å². The van der Waals surface area contributed by atoms with Crippen LogP contribution >= 0.6 is 0 Å². The summed E-state index contributed by atoms with van der Waals surface area (Å²) in [5.41, 5.74) is 5.87. The van der Waals surface area contributed by atoms with Crippen LogP contribution in [-0.2, 0) is 24.2 Å². The van der Waals surface area contributed by atoms with Gasteiger partial charge in [-0.05, 0) is 37.5 Å². The zero-order valence-corrected chi connectivity index (χ0v) is 16.7. The van der Waals surface area contributed by atoms with Crippen molar-refractivity contribution in [1.82, 2.24) is 10.7 Å². The molecule has 2 amide bonds. The molecule has 7 heteroatoms. The van der Waals surface area contributed by atoms with Gasteiger partial charge >= 0.3 is 0 Å². The van der Waals surface area contributed by atoms with Crippen LogP contribution < -0.4 is 10.7 Å². The summed E-state index contributed by atoms with van der Waals surface area (Å²) in [6.45, 7) is 2.13. The number of carbonyl (C=O) groups is 2. The summed E-state index contributed by atoms with van der Waals surface area (Å²) in [5, 5.41) is 7.16. The predicted octanol–water partition coefficient (Wildman–Crippen LogP) is 3.51. The first-order chi connectivity index (χ1) is 14.6. The maximum atomic E-state index is 12.6. The Morgan fingerprint density at radius 3 is 2.70 bits per heavy atom. The minimum Gasteiger partial charge on any atom is -0.467 e. The Morgan fingerprint density at radius 2 is 1.93 bits per heavy atom. The Hall–Kier alpha value is -3.61. The van der Waals surface area contributed by atoms with Gasteiger partial charge in [0.2, 0.25) is 5.91 Å². The van der Waals surface area contributed by atoms with E-state index in [1.54, 1.807) is 18.4 Å². The third kappa shape index (κ3) is 4.35. The van der Waals surface area contributed by atoms with Gasteiger partial charge in [0.25, 0.3) is 5.91 Å². The molecule has 2 N–H and O–H groups in total. The second kappa shape index (κ2) is 8.82. The number of aryl methyl sites for hydroxylation is 1. The second-order valence-electron chi connectivity index (χ2n) is 7.23.